The molecule has 1 aromatic carbocycles. The van der Waals surface area contributed by atoms with Crippen molar-refractivity contribution in [3.63, 3.8) is 0 Å². The summed E-state index contributed by atoms with van der Waals surface area (Å²) >= 11 is 0. The van der Waals surface area contributed by atoms with E-state index in [1.54, 1.807) is 13.8 Å². The van der Waals surface area contributed by atoms with Crippen LogP contribution in [0.2, 0.25) is 0 Å². The summed E-state index contributed by atoms with van der Waals surface area (Å²) in [6, 6.07) is 2.70. The summed E-state index contributed by atoms with van der Waals surface area (Å²) in [5.74, 6) is -0.697. The first-order chi connectivity index (χ1) is 8.27. The van der Waals surface area contributed by atoms with E-state index in [4.69, 9.17) is 15.0 Å². The van der Waals surface area contributed by atoms with Crippen LogP contribution in [0.3, 0.4) is 0 Å². The molecule has 0 heterocycles. The summed E-state index contributed by atoms with van der Waals surface area (Å²) in [5, 5.41) is 13.6. The zero-order valence-corrected chi connectivity index (χ0v) is 11.0. The molecule has 0 spiro atoms. The Morgan fingerprint density at radius 2 is 2.00 bits per heavy atom. The van der Waals surface area contributed by atoms with Gasteiger partial charge < -0.3 is 9.84 Å². The van der Waals surface area contributed by atoms with E-state index in [0.29, 0.717) is 11.1 Å². The second-order valence-electron chi connectivity index (χ2n) is 3.82. The lowest BCUT2D eigenvalue weighted by atomic mass is 10.1. The van der Waals surface area contributed by atoms with Crippen molar-refractivity contribution in [3.8, 4) is 0 Å². The second-order valence-corrected chi connectivity index (χ2v) is 5.35. The zero-order valence-electron chi connectivity index (χ0n) is 10.1. The summed E-state index contributed by atoms with van der Waals surface area (Å²) in [5.41, 5.74) is 1.21. The minimum Gasteiger partial charge on any atom is -0.460 e. The highest BCUT2D eigenvalue weighted by molar-refractivity contribution is 7.89. The van der Waals surface area contributed by atoms with Crippen LogP contribution >= 0.6 is 0 Å². The predicted molar refractivity (Wildman–Crippen MR) is 64.7 cm³/mol. The number of esters is 1. The number of carbonyl (C=O) groups excluding carboxylic acids is 1. The van der Waals surface area contributed by atoms with Gasteiger partial charge in [-0.15, -0.1) is 0 Å². The molecule has 0 aliphatic heterocycles. The number of nitrogens with two attached hydrogens (primary N) is 1. The average Bonchev–Trinajstić information content (AvgIpc) is 2.27. The van der Waals surface area contributed by atoms with E-state index in [1.165, 1.54) is 12.1 Å². The van der Waals surface area contributed by atoms with Crippen LogP contribution in [0, 0.1) is 13.8 Å². The van der Waals surface area contributed by atoms with Crippen LogP contribution in [-0.2, 0) is 14.8 Å². The Hall–Kier alpha value is -1.44. The number of rotatable bonds is 4. The van der Waals surface area contributed by atoms with Crippen LogP contribution in [0.4, 0.5) is 0 Å². The third-order valence-electron chi connectivity index (χ3n) is 2.49. The number of aryl methyl sites for hydroxylation is 1. The van der Waals surface area contributed by atoms with Gasteiger partial charge in [-0.3, -0.25) is 0 Å². The first-order valence-electron chi connectivity index (χ1n) is 5.19. The smallest absolute Gasteiger partial charge is 0.338 e. The fraction of sp³-hybridized carbons (Fsp3) is 0.364. The quantitative estimate of drug-likeness (QED) is 0.757. The van der Waals surface area contributed by atoms with Gasteiger partial charge in [-0.25, -0.2) is 18.4 Å². The Kier molecular flexibility index (Phi) is 4.44. The molecular weight excluding hydrogens is 258 g/mol. The molecule has 100 valence electrons. The Morgan fingerprint density at radius 1 is 1.39 bits per heavy atom. The van der Waals surface area contributed by atoms with Crippen molar-refractivity contribution < 1.29 is 23.1 Å². The molecule has 1 rings (SSSR count). The zero-order chi connectivity index (χ0) is 13.9. The van der Waals surface area contributed by atoms with E-state index in [9.17, 15) is 13.2 Å². The van der Waals surface area contributed by atoms with Crippen LogP contribution in [-0.4, -0.2) is 32.7 Å². The molecule has 6 nitrogen and oxygen atoms in total. The van der Waals surface area contributed by atoms with Crippen LogP contribution < -0.4 is 5.14 Å². The summed E-state index contributed by atoms with van der Waals surface area (Å²) in [6.07, 6.45) is 0. The van der Waals surface area contributed by atoms with Crippen molar-refractivity contribution >= 4 is 16.0 Å². The lowest BCUT2D eigenvalue weighted by molar-refractivity contribution is 0.0433. The summed E-state index contributed by atoms with van der Waals surface area (Å²) in [6.45, 7) is 2.85. The molecule has 0 saturated carbocycles. The minimum atomic E-state index is -3.89. The van der Waals surface area contributed by atoms with E-state index in [0.717, 1.165) is 0 Å². The Balaban J connectivity index is 3.25. The van der Waals surface area contributed by atoms with Gasteiger partial charge in [0.05, 0.1) is 17.1 Å². The molecule has 18 heavy (non-hydrogen) atoms. The van der Waals surface area contributed by atoms with Crippen molar-refractivity contribution in [2.45, 2.75) is 18.7 Å². The predicted octanol–water partition coefficient (Wildman–Crippen LogP) is 0.0999. The average molecular weight is 273 g/mol. The highest BCUT2D eigenvalue weighted by atomic mass is 32.2. The number of aliphatic hydroxyl groups excluding tert-OH is 1. The topological polar surface area (TPSA) is 107 Å². The number of hydrogen-bond acceptors (Lipinski definition) is 5. The van der Waals surface area contributed by atoms with Crippen LogP contribution in [0.5, 0.6) is 0 Å². The van der Waals surface area contributed by atoms with Crippen molar-refractivity contribution in [1.82, 2.24) is 0 Å². The number of primary sulfonamides is 1. The molecule has 0 bridgehead atoms. The van der Waals surface area contributed by atoms with Crippen molar-refractivity contribution in [1.29, 1.82) is 0 Å². The van der Waals surface area contributed by atoms with Gasteiger partial charge >= 0.3 is 5.97 Å². The largest absolute Gasteiger partial charge is 0.460 e. The van der Waals surface area contributed by atoms with Gasteiger partial charge in [-0.1, -0.05) is 0 Å². The molecule has 0 amide bonds. The summed E-state index contributed by atoms with van der Waals surface area (Å²) in [7, 11) is -3.89. The van der Waals surface area contributed by atoms with E-state index < -0.39 is 16.0 Å². The molecule has 0 atom stereocenters. The third-order valence-corrected chi connectivity index (χ3v) is 3.52. The molecule has 0 aromatic heterocycles. The first kappa shape index (κ1) is 14.6. The van der Waals surface area contributed by atoms with E-state index in [1.807, 2.05) is 0 Å². The number of benzene rings is 1. The maximum atomic E-state index is 11.6. The van der Waals surface area contributed by atoms with Crippen LogP contribution in [0.1, 0.15) is 21.5 Å². The lowest BCUT2D eigenvalue weighted by Gasteiger charge is -2.10. The Labute approximate surface area is 105 Å². The number of carbonyl (C=O) groups is 1. The minimum absolute atomic E-state index is 0.0931. The van der Waals surface area contributed by atoms with Crippen molar-refractivity contribution in [2.24, 2.45) is 5.14 Å². The Bertz CT molecular complexity index is 565. The van der Waals surface area contributed by atoms with E-state index >= 15 is 0 Å². The highest BCUT2D eigenvalue weighted by Crippen LogP contribution is 2.20. The molecule has 0 saturated heterocycles. The van der Waals surface area contributed by atoms with E-state index in [2.05, 4.69) is 0 Å². The lowest BCUT2D eigenvalue weighted by Crippen LogP contribution is -2.16. The Morgan fingerprint density at radius 3 is 2.50 bits per heavy atom. The molecule has 0 aliphatic rings. The first-order valence-corrected chi connectivity index (χ1v) is 6.74. The van der Waals surface area contributed by atoms with Crippen molar-refractivity contribution in [2.75, 3.05) is 13.2 Å². The highest BCUT2D eigenvalue weighted by Gasteiger charge is 2.18. The van der Waals surface area contributed by atoms with Crippen LogP contribution in [0.15, 0.2) is 17.0 Å². The maximum absolute atomic E-state index is 11.6. The van der Waals surface area contributed by atoms with Gasteiger partial charge in [0.25, 0.3) is 0 Å². The van der Waals surface area contributed by atoms with Gasteiger partial charge in [0.1, 0.15) is 6.61 Å². The van der Waals surface area contributed by atoms with Gasteiger partial charge in [0, 0.05) is 0 Å². The van der Waals surface area contributed by atoms with Gasteiger partial charge in [0.15, 0.2) is 0 Å². The monoisotopic (exact) mass is 273 g/mol. The van der Waals surface area contributed by atoms with Gasteiger partial charge in [0.2, 0.25) is 10.0 Å². The van der Waals surface area contributed by atoms with Gasteiger partial charge in [-0.05, 0) is 37.1 Å². The fourth-order valence-corrected chi connectivity index (χ4v) is 2.34. The molecule has 0 unspecified atom stereocenters. The van der Waals surface area contributed by atoms with Crippen molar-refractivity contribution in [3.05, 3.63) is 28.8 Å². The number of ether oxygens (including phenoxy) is 1. The summed E-state index contributed by atoms with van der Waals surface area (Å²) < 4.78 is 27.5. The second kappa shape index (κ2) is 5.47. The third kappa shape index (κ3) is 3.28. The number of hydrogen-bond donors (Lipinski definition) is 2. The molecule has 0 aliphatic carbocycles. The number of aliphatic hydroxyl groups is 1. The SMILES string of the molecule is Cc1cc(C(=O)OCCO)cc(S(N)(=O)=O)c1C. The molecule has 1 aromatic rings. The van der Waals surface area contributed by atoms with Gasteiger partial charge in [-0.2, -0.15) is 0 Å². The molecule has 0 fully saturated rings. The maximum Gasteiger partial charge on any atom is 0.338 e. The normalized spacial score (nSPS) is 11.3. The van der Waals surface area contributed by atoms with Crippen LogP contribution in [0.25, 0.3) is 0 Å². The standard InChI is InChI=1S/C11H15NO5S/c1-7-5-9(11(14)17-4-3-13)6-10(8(7)2)18(12,15)16/h5-6,13H,3-4H2,1-2H3,(H2,12,15,16). The fourth-order valence-electron chi connectivity index (χ4n) is 1.46. The molecular formula is C11H15NO5S. The van der Waals surface area contributed by atoms with E-state index in [-0.39, 0.29) is 23.7 Å². The number of sulfonamides is 1. The molecule has 0 radical (unpaired) electrons. The summed E-state index contributed by atoms with van der Waals surface area (Å²) in [4.78, 5) is 11.5. The molecule has 7 heteroatoms. The molecule has 3 N–H and O–H groups in total.